The lowest BCUT2D eigenvalue weighted by atomic mass is 10.2. The third-order valence-electron chi connectivity index (χ3n) is 2.89. The molecule has 0 radical (unpaired) electrons. The van der Waals surface area contributed by atoms with Crippen LogP contribution >= 0.6 is 11.3 Å². The van der Waals surface area contributed by atoms with Crippen molar-refractivity contribution < 1.29 is 18.7 Å². The van der Waals surface area contributed by atoms with Crippen molar-refractivity contribution in [3.05, 3.63) is 40.1 Å². The number of hydrogen-bond donors (Lipinski definition) is 2. The lowest BCUT2D eigenvalue weighted by Crippen LogP contribution is -2.27. The first-order chi connectivity index (χ1) is 11.6. The third kappa shape index (κ3) is 6.15. The molecule has 0 saturated heterocycles. The van der Waals surface area contributed by atoms with Crippen molar-refractivity contribution in [2.75, 3.05) is 10.6 Å². The highest BCUT2D eigenvalue weighted by molar-refractivity contribution is 7.09. The predicted molar refractivity (Wildman–Crippen MR) is 95.4 cm³/mol. The standard InChI is InChI=1S/C17H20FN3O3S/c1-10-19-12(9-25-10)8-15(22)20-11-5-6-13(18)14(7-11)21-16(23)24-17(2,3)4/h5-7,9H,8H2,1-4H3,(H,20,22)(H,21,23). The van der Waals surface area contributed by atoms with Gasteiger partial charge in [-0.25, -0.2) is 14.2 Å². The molecule has 0 atom stereocenters. The van der Waals surface area contributed by atoms with Crippen LogP contribution in [-0.4, -0.2) is 22.6 Å². The van der Waals surface area contributed by atoms with E-state index in [0.717, 1.165) is 11.1 Å². The number of aryl methyl sites for hydroxylation is 1. The number of rotatable bonds is 4. The molecular formula is C17H20FN3O3S. The largest absolute Gasteiger partial charge is 0.444 e. The SMILES string of the molecule is Cc1nc(CC(=O)Nc2ccc(F)c(NC(=O)OC(C)(C)C)c2)cs1. The molecule has 2 rings (SSSR count). The second kappa shape index (κ2) is 7.60. The monoisotopic (exact) mass is 365 g/mol. The highest BCUT2D eigenvalue weighted by Gasteiger charge is 2.18. The molecule has 8 heteroatoms. The summed E-state index contributed by atoms with van der Waals surface area (Å²) < 4.78 is 18.9. The third-order valence-corrected chi connectivity index (χ3v) is 3.72. The van der Waals surface area contributed by atoms with E-state index >= 15 is 0 Å². The minimum absolute atomic E-state index is 0.0726. The van der Waals surface area contributed by atoms with Crippen molar-refractivity contribution in [3.8, 4) is 0 Å². The van der Waals surface area contributed by atoms with Crippen LogP contribution in [0.5, 0.6) is 0 Å². The molecule has 0 saturated carbocycles. The zero-order valence-electron chi connectivity index (χ0n) is 14.5. The topological polar surface area (TPSA) is 80.3 Å². The van der Waals surface area contributed by atoms with Crippen LogP contribution in [0.4, 0.5) is 20.6 Å². The molecule has 2 N–H and O–H groups in total. The molecule has 0 fully saturated rings. The summed E-state index contributed by atoms with van der Waals surface area (Å²) in [7, 11) is 0. The zero-order chi connectivity index (χ0) is 18.6. The Bertz CT molecular complexity index is 784. The Kier molecular flexibility index (Phi) is 5.73. The summed E-state index contributed by atoms with van der Waals surface area (Å²) in [5, 5.41) is 7.69. The van der Waals surface area contributed by atoms with E-state index in [4.69, 9.17) is 4.74 Å². The maximum Gasteiger partial charge on any atom is 0.412 e. The van der Waals surface area contributed by atoms with E-state index in [-0.39, 0.29) is 18.0 Å². The Balaban J connectivity index is 2.02. The average Bonchev–Trinajstić information content (AvgIpc) is 2.85. The van der Waals surface area contributed by atoms with Gasteiger partial charge in [-0.05, 0) is 45.9 Å². The Morgan fingerprint density at radius 3 is 2.60 bits per heavy atom. The average molecular weight is 365 g/mol. The normalized spacial score (nSPS) is 11.1. The summed E-state index contributed by atoms with van der Waals surface area (Å²) in [6.45, 7) is 6.99. The molecule has 1 aromatic carbocycles. The summed E-state index contributed by atoms with van der Waals surface area (Å²) in [5.74, 6) is -0.904. The molecule has 0 aliphatic heterocycles. The summed E-state index contributed by atoms with van der Waals surface area (Å²) in [5.41, 5.74) is 0.271. The van der Waals surface area contributed by atoms with E-state index in [9.17, 15) is 14.0 Å². The number of carbonyl (C=O) groups is 2. The molecule has 134 valence electrons. The first kappa shape index (κ1) is 18.9. The van der Waals surface area contributed by atoms with Crippen molar-refractivity contribution in [2.24, 2.45) is 0 Å². The van der Waals surface area contributed by atoms with Gasteiger partial charge in [-0.15, -0.1) is 11.3 Å². The predicted octanol–water partition coefficient (Wildman–Crippen LogP) is 4.12. The van der Waals surface area contributed by atoms with E-state index in [1.807, 2.05) is 12.3 Å². The Hall–Kier alpha value is -2.48. The second-order valence-corrected chi connectivity index (χ2v) is 7.47. The first-order valence-corrected chi connectivity index (χ1v) is 8.51. The van der Waals surface area contributed by atoms with Gasteiger partial charge in [0.1, 0.15) is 11.4 Å². The second-order valence-electron chi connectivity index (χ2n) is 6.40. The number of hydrogen-bond acceptors (Lipinski definition) is 5. The van der Waals surface area contributed by atoms with Crippen LogP contribution in [0.25, 0.3) is 0 Å². The molecule has 0 unspecified atom stereocenters. The highest BCUT2D eigenvalue weighted by Crippen LogP contribution is 2.21. The van der Waals surface area contributed by atoms with Gasteiger partial charge in [-0.3, -0.25) is 10.1 Å². The molecule has 1 heterocycles. The van der Waals surface area contributed by atoms with Gasteiger partial charge in [0, 0.05) is 11.1 Å². The number of ether oxygens (including phenoxy) is 1. The van der Waals surface area contributed by atoms with Crippen molar-refractivity contribution in [2.45, 2.75) is 39.7 Å². The van der Waals surface area contributed by atoms with E-state index in [1.165, 1.54) is 23.5 Å². The summed E-state index contributed by atoms with van der Waals surface area (Å²) >= 11 is 1.47. The molecule has 6 nitrogen and oxygen atoms in total. The van der Waals surface area contributed by atoms with Crippen LogP contribution in [0, 0.1) is 12.7 Å². The van der Waals surface area contributed by atoms with Gasteiger partial charge in [0.05, 0.1) is 22.8 Å². The number of thiazole rings is 1. The first-order valence-electron chi connectivity index (χ1n) is 7.63. The van der Waals surface area contributed by atoms with Crippen molar-refractivity contribution >= 4 is 34.7 Å². The van der Waals surface area contributed by atoms with Crippen LogP contribution in [-0.2, 0) is 16.0 Å². The van der Waals surface area contributed by atoms with Gasteiger partial charge >= 0.3 is 6.09 Å². The van der Waals surface area contributed by atoms with Gasteiger partial charge in [-0.2, -0.15) is 0 Å². The maximum absolute atomic E-state index is 13.9. The lowest BCUT2D eigenvalue weighted by Gasteiger charge is -2.20. The van der Waals surface area contributed by atoms with Gasteiger partial charge in [0.15, 0.2) is 0 Å². The number of benzene rings is 1. The number of amides is 2. The van der Waals surface area contributed by atoms with E-state index in [0.29, 0.717) is 11.4 Å². The van der Waals surface area contributed by atoms with Gasteiger partial charge in [0.25, 0.3) is 0 Å². The van der Waals surface area contributed by atoms with E-state index in [1.54, 1.807) is 20.8 Å². The highest BCUT2D eigenvalue weighted by atomic mass is 32.1. The van der Waals surface area contributed by atoms with Crippen LogP contribution in [0.3, 0.4) is 0 Å². The van der Waals surface area contributed by atoms with Gasteiger partial charge in [0.2, 0.25) is 5.91 Å². The molecule has 2 amide bonds. The molecule has 2 aromatic rings. The van der Waals surface area contributed by atoms with Crippen molar-refractivity contribution in [1.29, 1.82) is 0 Å². The fourth-order valence-corrected chi connectivity index (χ4v) is 2.58. The zero-order valence-corrected chi connectivity index (χ0v) is 15.3. The van der Waals surface area contributed by atoms with Crippen LogP contribution in [0.2, 0.25) is 0 Å². The molecular weight excluding hydrogens is 345 g/mol. The smallest absolute Gasteiger partial charge is 0.412 e. The maximum atomic E-state index is 13.9. The lowest BCUT2D eigenvalue weighted by molar-refractivity contribution is -0.115. The fraction of sp³-hybridized carbons (Fsp3) is 0.353. The van der Waals surface area contributed by atoms with Crippen LogP contribution in [0.15, 0.2) is 23.6 Å². The molecule has 1 aromatic heterocycles. The quantitative estimate of drug-likeness (QED) is 0.854. The Morgan fingerprint density at radius 2 is 2.00 bits per heavy atom. The van der Waals surface area contributed by atoms with Crippen LogP contribution < -0.4 is 10.6 Å². The number of halogens is 1. The number of nitrogens with one attached hydrogen (secondary N) is 2. The molecule has 0 aliphatic rings. The molecule has 0 spiro atoms. The molecule has 0 bridgehead atoms. The Morgan fingerprint density at radius 1 is 1.28 bits per heavy atom. The van der Waals surface area contributed by atoms with Gasteiger partial charge < -0.3 is 10.1 Å². The summed E-state index contributed by atoms with van der Waals surface area (Å²) in [6, 6.07) is 3.92. The number of anilines is 2. The fourth-order valence-electron chi connectivity index (χ4n) is 1.97. The van der Waals surface area contributed by atoms with Crippen molar-refractivity contribution in [1.82, 2.24) is 4.98 Å². The molecule has 25 heavy (non-hydrogen) atoms. The minimum Gasteiger partial charge on any atom is -0.444 e. The van der Waals surface area contributed by atoms with Gasteiger partial charge in [-0.1, -0.05) is 0 Å². The van der Waals surface area contributed by atoms with E-state index in [2.05, 4.69) is 15.6 Å². The Labute approximate surface area is 149 Å². The van der Waals surface area contributed by atoms with Crippen molar-refractivity contribution in [3.63, 3.8) is 0 Å². The minimum atomic E-state index is -0.771. The number of aromatic nitrogens is 1. The summed E-state index contributed by atoms with van der Waals surface area (Å²) in [4.78, 5) is 28.0. The van der Waals surface area contributed by atoms with Crippen LogP contribution in [0.1, 0.15) is 31.5 Å². The summed E-state index contributed by atoms with van der Waals surface area (Å²) in [6.07, 6.45) is -0.649. The number of nitrogens with zero attached hydrogens (tertiary/aromatic N) is 1. The molecule has 0 aliphatic carbocycles. The number of carbonyl (C=O) groups excluding carboxylic acids is 2. The van der Waals surface area contributed by atoms with E-state index < -0.39 is 17.5 Å².